The van der Waals surface area contributed by atoms with E-state index in [-0.39, 0.29) is 5.69 Å². The Kier molecular flexibility index (Phi) is 3.89. The topological polar surface area (TPSA) is 67.5 Å². The van der Waals surface area contributed by atoms with Crippen LogP contribution in [0, 0.1) is 5.82 Å². The van der Waals surface area contributed by atoms with Gasteiger partial charge in [-0.3, -0.25) is 0 Å². The van der Waals surface area contributed by atoms with Gasteiger partial charge in [-0.1, -0.05) is 35.9 Å². The molecule has 0 amide bonds. The minimum Gasteiger partial charge on any atom is -0.476 e. The highest BCUT2D eigenvalue weighted by atomic mass is 35.5. The van der Waals surface area contributed by atoms with E-state index in [1.165, 1.54) is 22.7 Å². The molecule has 4 aromatic rings. The lowest BCUT2D eigenvalue weighted by atomic mass is 10.1. The lowest BCUT2D eigenvalue weighted by Crippen LogP contribution is -2.01. The van der Waals surface area contributed by atoms with Crippen molar-refractivity contribution in [2.45, 2.75) is 0 Å². The van der Waals surface area contributed by atoms with Crippen molar-refractivity contribution < 1.29 is 14.3 Å². The number of aromatic nitrogens is 3. The second-order valence-corrected chi connectivity index (χ2v) is 6.09. The van der Waals surface area contributed by atoms with E-state index in [1.807, 2.05) is 12.1 Å². The Balaban J connectivity index is 2.00. The standard InChI is InChI=1S/C19H11ClFN3O2/c20-13-6-4-11(5-7-13)15-9-17(12-2-1-3-14(21)8-12)24-18(22-15)10-16(23-24)19(25)26/h1-10H,(H,25,26). The van der Waals surface area contributed by atoms with E-state index < -0.39 is 11.8 Å². The Morgan fingerprint density at radius 3 is 2.50 bits per heavy atom. The molecule has 4 rings (SSSR count). The highest BCUT2D eigenvalue weighted by molar-refractivity contribution is 6.30. The summed E-state index contributed by atoms with van der Waals surface area (Å²) in [4.78, 5) is 15.8. The molecule has 0 fully saturated rings. The van der Waals surface area contributed by atoms with Gasteiger partial charge in [0.15, 0.2) is 11.3 Å². The highest BCUT2D eigenvalue weighted by Gasteiger charge is 2.16. The Bertz CT molecular complexity index is 1140. The minimum atomic E-state index is -1.16. The molecule has 0 aliphatic rings. The van der Waals surface area contributed by atoms with Gasteiger partial charge in [-0.15, -0.1) is 0 Å². The largest absolute Gasteiger partial charge is 0.476 e. The lowest BCUT2D eigenvalue weighted by molar-refractivity contribution is 0.0690. The molecule has 7 heteroatoms. The molecule has 1 N–H and O–H groups in total. The molecule has 2 heterocycles. The van der Waals surface area contributed by atoms with Crippen molar-refractivity contribution in [3.63, 3.8) is 0 Å². The van der Waals surface area contributed by atoms with Gasteiger partial charge in [0.25, 0.3) is 0 Å². The first-order valence-electron chi connectivity index (χ1n) is 7.67. The van der Waals surface area contributed by atoms with Crippen LogP contribution in [0.3, 0.4) is 0 Å². The van der Waals surface area contributed by atoms with Gasteiger partial charge in [0, 0.05) is 22.2 Å². The number of fused-ring (bicyclic) bond motifs is 1. The quantitative estimate of drug-likeness (QED) is 0.576. The predicted molar refractivity (Wildman–Crippen MR) is 95.8 cm³/mol. The van der Waals surface area contributed by atoms with Gasteiger partial charge in [0.05, 0.1) is 11.4 Å². The van der Waals surface area contributed by atoms with Gasteiger partial charge < -0.3 is 5.11 Å². The third-order valence-corrected chi connectivity index (χ3v) is 4.16. The monoisotopic (exact) mass is 367 g/mol. The number of halogens is 2. The van der Waals surface area contributed by atoms with E-state index in [0.717, 1.165) is 5.56 Å². The summed E-state index contributed by atoms with van der Waals surface area (Å²) < 4.78 is 15.1. The maximum Gasteiger partial charge on any atom is 0.356 e. The maximum atomic E-state index is 13.7. The number of hydrogen-bond donors (Lipinski definition) is 1. The summed E-state index contributed by atoms with van der Waals surface area (Å²) >= 11 is 5.94. The number of carboxylic acids is 1. The molecule has 0 radical (unpaired) electrons. The van der Waals surface area contributed by atoms with E-state index in [4.69, 9.17) is 11.6 Å². The molecule has 0 unspecified atom stereocenters. The van der Waals surface area contributed by atoms with Gasteiger partial charge >= 0.3 is 5.97 Å². The zero-order chi connectivity index (χ0) is 18.3. The SMILES string of the molecule is O=C(O)c1cc2nc(-c3ccc(Cl)cc3)cc(-c3cccc(F)c3)n2n1. The summed E-state index contributed by atoms with van der Waals surface area (Å²) in [5.74, 6) is -1.56. The molecule has 128 valence electrons. The zero-order valence-corrected chi connectivity index (χ0v) is 14.0. The molecule has 0 saturated heterocycles. The third kappa shape index (κ3) is 2.91. The number of benzene rings is 2. The van der Waals surface area contributed by atoms with E-state index in [2.05, 4.69) is 10.1 Å². The van der Waals surface area contributed by atoms with Gasteiger partial charge in [-0.25, -0.2) is 18.7 Å². The van der Waals surface area contributed by atoms with Crippen LogP contribution in [0.15, 0.2) is 60.7 Å². The number of carboxylic acid groups (broad SMARTS) is 1. The van der Waals surface area contributed by atoms with Gasteiger partial charge in [-0.05, 0) is 30.3 Å². The average Bonchev–Trinajstić information content (AvgIpc) is 3.06. The van der Waals surface area contributed by atoms with Gasteiger partial charge in [0.1, 0.15) is 5.82 Å². The fourth-order valence-electron chi connectivity index (χ4n) is 2.70. The molecular formula is C19H11ClFN3O2. The maximum absolute atomic E-state index is 13.7. The fourth-order valence-corrected chi connectivity index (χ4v) is 2.83. The Morgan fingerprint density at radius 1 is 1.04 bits per heavy atom. The summed E-state index contributed by atoms with van der Waals surface area (Å²) in [6.07, 6.45) is 0. The lowest BCUT2D eigenvalue weighted by Gasteiger charge is -2.09. The van der Waals surface area contributed by atoms with Crippen LogP contribution in [-0.4, -0.2) is 25.7 Å². The van der Waals surface area contributed by atoms with E-state index in [0.29, 0.717) is 27.6 Å². The second-order valence-electron chi connectivity index (χ2n) is 5.65. The van der Waals surface area contributed by atoms with Crippen LogP contribution in [0.25, 0.3) is 28.2 Å². The van der Waals surface area contributed by atoms with Crippen LogP contribution in [-0.2, 0) is 0 Å². The molecule has 26 heavy (non-hydrogen) atoms. The van der Waals surface area contributed by atoms with Crippen LogP contribution >= 0.6 is 11.6 Å². The first-order valence-corrected chi connectivity index (χ1v) is 8.05. The van der Waals surface area contributed by atoms with Gasteiger partial charge in [-0.2, -0.15) is 5.10 Å². The van der Waals surface area contributed by atoms with Crippen LogP contribution in [0.1, 0.15) is 10.5 Å². The molecule has 2 aromatic heterocycles. The molecular weight excluding hydrogens is 357 g/mol. The molecule has 2 aromatic carbocycles. The smallest absolute Gasteiger partial charge is 0.356 e. The first-order chi connectivity index (χ1) is 12.5. The summed E-state index contributed by atoms with van der Waals surface area (Å²) in [6, 6.07) is 16.2. The number of carbonyl (C=O) groups is 1. The second kappa shape index (κ2) is 6.24. The van der Waals surface area contributed by atoms with Crippen molar-refractivity contribution in [2.75, 3.05) is 0 Å². The predicted octanol–water partition coefficient (Wildman–Crippen LogP) is 4.55. The molecule has 0 aliphatic heterocycles. The molecule has 0 saturated carbocycles. The van der Waals surface area contributed by atoms with Crippen LogP contribution in [0.5, 0.6) is 0 Å². The van der Waals surface area contributed by atoms with Crippen molar-refractivity contribution in [1.82, 2.24) is 14.6 Å². The van der Waals surface area contributed by atoms with Crippen molar-refractivity contribution >= 4 is 23.2 Å². The molecule has 0 aliphatic carbocycles. The molecule has 5 nitrogen and oxygen atoms in total. The van der Waals surface area contributed by atoms with Crippen molar-refractivity contribution in [3.8, 4) is 22.5 Å². The minimum absolute atomic E-state index is 0.136. The van der Waals surface area contributed by atoms with Crippen molar-refractivity contribution in [1.29, 1.82) is 0 Å². The highest BCUT2D eigenvalue weighted by Crippen LogP contribution is 2.27. The third-order valence-electron chi connectivity index (χ3n) is 3.91. The number of aromatic carboxylic acids is 1. The Morgan fingerprint density at radius 2 is 1.81 bits per heavy atom. The molecule has 0 spiro atoms. The molecule has 0 atom stereocenters. The summed E-state index contributed by atoms with van der Waals surface area (Å²) in [5.41, 5.74) is 2.72. The number of nitrogens with zero attached hydrogens (tertiary/aromatic N) is 3. The Labute approximate surface area is 152 Å². The fraction of sp³-hybridized carbons (Fsp3) is 0. The van der Waals surface area contributed by atoms with E-state index in [1.54, 1.807) is 30.3 Å². The van der Waals surface area contributed by atoms with Crippen LogP contribution in [0.4, 0.5) is 4.39 Å². The normalized spacial score (nSPS) is 11.0. The van der Waals surface area contributed by atoms with Crippen molar-refractivity contribution in [3.05, 3.63) is 77.2 Å². The summed E-state index contributed by atoms with van der Waals surface area (Å²) in [5, 5.41) is 13.9. The van der Waals surface area contributed by atoms with E-state index >= 15 is 0 Å². The van der Waals surface area contributed by atoms with Crippen LogP contribution in [0.2, 0.25) is 5.02 Å². The zero-order valence-electron chi connectivity index (χ0n) is 13.2. The van der Waals surface area contributed by atoms with Crippen molar-refractivity contribution in [2.24, 2.45) is 0 Å². The Hall–Kier alpha value is -3.25. The first kappa shape index (κ1) is 16.2. The molecule has 0 bridgehead atoms. The van der Waals surface area contributed by atoms with Crippen LogP contribution < -0.4 is 0 Å². The average molecular weight is 368 g/mol. The number of hydrogen-bond acceptors (Lipinski definition) is 3. The van der Waals surface area contributed by atoms with E-state index in [9.17, 15) is 14.3 Å². The summed E-state index contributed by atoms with van der Waals surface area (Å²) in [6.45, 7) is 0. The number of rotatable bonds is 3. The van der Waals surface area contributed by atoms with Gasteiger partial charge in [0.2, 0.25) is 0 Å². The summed E-state index contributed by atoms with van der Waals surface area (Å²) in [7, 11) is 0.